The molecule has 0 radical (unpaired) electrons. The van der Waals surface area contributed by atoms with Gasteiger partial charge in [0.15, 0.2) is 11.5 Å². The maximum atomic E-state index is 12.6. The number of nitrogens with zero attached hydrogens (tertiary/aromatic N) is 2. The van der Waals surface area contributed by atoms with Gasteiger partial charge in [-0.15, -0.1) is 0 Å². The molecule has 0 saturated heterocycles. The zero-order valence-electron chi connectivity index (χ0n) is 17.5. The Kier molecular flexibility index (Phi) is 4.91. The van der Waals surface area contributed by atoms with E-state index in [9.17, 15) is 4.79 Å². The molecule has 5 rings (SSSR count). The largest absolute Gasteiger partial charge is 0.493 e. The summed E-state index contributed by atoms with van der Waals surface area (Å²) in [4.78, 5) is 16.7. The zero-order chi connectivity index (χ0) is 22.1. The number of anilines is 1. The SMILES string of the molecule is COc1cc2c(cc1OC)/C(=C\c1ccc3c(/C=C/c4ccncc4)n[nH]c3c1)C(=O)N2. The number of rotatable bonds is 5. The quantitative estimate of drug-likeness (QED) is 0.456. The van der Waals surface area contributed by atoms with Gasteiger partial charge in [-0.25, -0.2) is 0 Å². The van der Waals surface area contributed by atoms with Crippen molar-refractivity contribution in [3.05, 3.63) is 77.2 Å². The van der Waals surface area contributed by atoms with Gasteiger partial charge in [-0.3, -0.25) is 14.9 Å². The van der Waals surface area contributed by atoms with Crippen LogP contribution >= 0.6 is 0 Å². The van der Waals surface area contributed by atoms with Crippen molar-refractivity contribution in [2.75, 3.05) is 19.5 Å². The van der Waals surface area contributed by atoms with Crippen molar-refractivity contribution in [2.45, 2.75) is 0 Å². The number of nitrogens with one attached hydrogen (secondary N) is 2. The minimum absolute atomic E-state index is 0.166. The highest BCUT2D eigenvalue weighted by molar-refractivity contribution is 6.35. The Labute approximate surface area is 184 Å². The first-order valence-electron chi connectivity index (χ1n) is 10.0. The molecule has 7 heteroatoms. The molecule has 0 fully saturated rings. The number of fused-ring (bicyclic) bond motifs is 2. The Balaban J connectivity index is 1.49. The lowest BCUT2D eigenvalue weighted by molar-refractivity contribution is -0.110. The molecule has 0 saturated carbocycles. The molecule has 2 aromatic heterocycles. The number of aromatic nitrogens is 3. The van der Waals surface area contributed by atoms with E-state index in [4.69, 9.17) is 9.47 Å². The molecule has 1 amide bonds. The third kappa shape index (κ3) is 3.50. The van der Waals surface area contributed by atoms with Crippen LogP contribution in [0, 0.1) is 0 Å². The molecule has 0 spiro atoms. The van der Waals surface area contributed by atoms with Crippen LogP contribution in [0.3, 0.4) is 0 Å². The van der Waals surface area contributed by atoms with Gasteiger partial charge in [0.25, 0.3) is 5.91 Å². The summed E-state index contributed by atoms with van der Waals surface area (Å²) >= 11 is 0. The van der Waals surface area contributed by atoms with Crippen LogP contribution in [0.1, 0.15) is 22.4 Å². The lowest BCUT2D eigenvalue weighted by Crippen LogP contribution is -2.03. The lowest BCUT2D eigenvalue weighted by Gasteiger charge is -2.09. The summed E-state index contributed by atoms with van der Waals surface area (Å²) in [6, 6.07) is 13.4. The second-order valence-corrected chi connectivity index (χ2v) is 7.29. The van der Waals surface area contributed by atoms with Crippen molar-refractivity contribution >= 4 is 46.3 Å². The number of pyridine rings is 1. The van der Waals surface area contributed by atoms with Crippen molar-refractivity contribution in [3.63, 3.8) is 0 Å². The molecule has 2 N–H and O–H groups in total. The van der Waals surface area contributed by atoms with E-state index >= 15 is 0 Å². The number of H-pyrrole nitrogens is 1. The number of aromatic amines is 1. The summed E-state index contributed by atoms with van der Waals surface area (Å²) in [7, 11) is 3.14. The fourth-order valence-electron chi connectivity index (χ4n) is 3.75. The van der Waals surface area contributed by atoms with E-state index in [1.54, 1.807) is 32.7 Å². The predicted octanol–water partition coefficient (Wildman–Crippen LogP) is 4.64. The second-order valence-electron chi connectivity index (χ2n) is 7.29. The molecule has 3 heterocycles. The maximum absolute atomic E-state index is 12.6. The summed E-state index contributed by atoms with van der Waals surface area (Å²) in [6.45, 7) is 0. The molecule has 0 unspecified atom stereocenters. The van der Waals surface area contributed by atoms with Crippen molar-refractivity contribution in [2.24, 2.45) is 0 Å². The first kappa shape index (κ1) is 19.6. The molecular formula is C25H20N4O3. The summed E-state index contributed by atoms with van der Waals surface area (Å²) in [5.41, 5.74) is 5.71. The van der Waals surface area contributed by atoms with Crippen LogP contribution in [-0.2, 0) is 4.79 Å². The number of carbonyl (C=O) groups excluding carboxylic acids is 1. The number of carbonyl (C=O) groups is 1. The number of methoxy groups -OCH3 is 2. The van der Waals surface area contributed by atoms with E-state index in [0.717, 1.165) is 33.3 Å². The van der Waals surface area contributed by atoms with E-state index in [-0.39, 0.29) is 5.91 Å². The standard InChI is InChI=1S/C25H20N4O3/c1-31-23-13-18-19(25(30)27-21(18)14-24(23)32-2)11-16-3-5-17-20(28-29-22(17)12-16)6-4-15-7-9-26-10-8-15/h3-14H,1-2H3,(H,27,30)(H,28,29)/b6-4+,19-11+. The van der Waals surface area contributed by atoms with Crippen LogP contribution in [0.25, 0.3) is 34.7 Å². The summed E-state index contributed by atoms with van der Waals surface area (Å²) in [5, 5.41) is 11.4. The molecular weight excluding hydrogens is 404 g/mol. The Morgan fingerprint density at radius 3 is 2.47 bits per heavy atom. The van der Waals surface area contributed by atoms with Gasteiger partial charge >= 0.3 is 0 Å². The van der Waals surface area contributed by atoms with Crippen LogP contribution in [-0.4, -0.2) is 35.3 Å². The monoisotopic (exact) mass is 424 g/mol. The van der Waals surface area contributed by atoms with Gasteiger partial charge < -0.3 is 14.8 Å². The smallest absolute Gasteiger partial charge is 0.256 e. The molecule has 4 aromatic rings. The van der Waals surface area contributed by atoms with Crippen molar-refractivity contribution in [1.82, 2.24) is 15.2 Å². The first-order chi connectivity index (χ1) is 15.7. The van der Waals surface area contributed by atoms with Crippen LogP contribution < -0.4 is 14.8 Å². The van der Waals surface area contributed by atoms with Crippen molar-refractivity contribution in [1.29, 1.82) is 0 Å². The van der Waals surface area contributed by atoms with Gasteiger partial charge in [0, 0.05) is 35.0 Å². The molecule has 0 atom stereocenters. The van der Waals surface area contributed by atoms with E-state index in [2.05, 4.69) is 20.5 Å². The summed E-state index contributed by atoms with van der Waals surface area (Å²) in [6.07, 6.45) is 9.33. The summed E-state index contributed by atoms with van der Waals surface area (Å²) in [5.74, 6) is 0.975. The normalized spacial score (nSPS) is 14.2. The maximum Gasteiger partial charge on any atom is 0.256 e. The second kappa shape index (κ2) is 8.03. The van der Waals surface area contributed by atoms with Gasteiger partial charge in [0.2, 0.25) is 0 Å². The minimum atomic E-state index is -0.166. The molecule has 7 nitrogen and oxygen atoms in total. The van der Waals surface area contributed by atoms with Gasteiger partial charge in [-0.2, -0.15) is 5.10 Å². The van der Waals surface area contributed by atoms with Gasteiger partial charge in [-0.1, -0.05) is 12.1 Å². The Morgan fingerprint density at radius 2 is 1.69 bits per heavy atom. The zero-order valence-corrected chi connectivity index (χ0v) is 17.5. The minimum Gasteiger partial charge on any atom is -0.493 e. The van der Waals surface area contributed by atoms with E-state index < -0.39 is 0 Å². The molecule has 32 heavy (non-hydrogen) atoms. The van der Waals surface area contributed by atoms with Gasteiger partial charge in [0.05, 0.1) is 31.1 Å². The molecule has 0 aliphatic carbocycles. The Hall–Kier alpha value is -4.39. The Bertz CT molecular complexity index is 1390. The van der Waals surface area contributed by atoms with Gasteiger partial charge in [0.1, 0.15) is 0 Å². The van der Waals surface area contributed by atoms with E-state index in [0.29, 0.717) is 22.8 Å². The predicted molar refractivity (Wildman–Crippen MR) is 125 cm³/mol. The number of hydrogen-bond acceptors (Lipinski definition) is 5. The number of amides is 1. The van der Waals surface area contributed by atoms with Crippen molar-refractivity contribution < 1.29 is 14.3 Å². The third-order valence-electron chi connectivity index (χ3n) is 5.37. The highest BCUT2D eigenvalue weighted by Crippen LogP contribution is 2.41. The Morgan fingerprint density at radius 1 is 0.906 bits per heavy atom. The topological polar surface area (TPSA) is 89.1 Å². The highest BCUT2D eigenvalue weighted by atomic mass is 16.5. The molecule has 2 aromatic carbocycles. The highest BCUT2D eigenvalue weighted by Gasteiger charge is 2.26. The van der Waals surface area contributed by atoms with Crippen LogP contribution in [0.2, 0.25) is 0 Å². The van der Waals surface area contributed by atoms with Crippen LogP contribution in [0.5, 0.6) is 11.5 Å². The first-order valence-corrected chi connectivity index (χ1v) is 10.0. The molecule has 1 aliphatic heterocycles. The van der Waals surface area contributed by atoms with Crippen LogP contribution in [0.15, 0.2) is 54.9 Å². The molecule has 0 bridgehead atoms. The third-order valence-corrected chi connectivity index (χ3v) is 5.37. The number of benzene rings is 2. The van der Waals surface area contributed by atoms with Crippen LogP contribution in [0.4, 0.5) is 5.69 Å². The van der Waals surface area contributed by atoms with E-state index in [1.165, 1.54) is 0 Å². The van der Waals surface area contributed by atoms with E-state index in [1.807, 2.05) is 54.6 Å². The molecule has 1 aliphatic rings. The lowest BCUT2D eigenvalue weighted by atomic mass is 10.0. The number of ether oxygens (including phenoxy) is 2. The van der Waals surface area contributed by atoms with Crippen molar-refractivity contribution in [3.8, 4) is 11.5 Å². The molecule has 158 valence electrons. The number of hydrogen-bond donors (Lipinski definition) is 2. The fraction of sp³-hybridized carbons (Fsp3) is 0.0800. The summed E-state index contributed by atoms with van der Waals surface area (Å²) < 4.78 is 10.7. The average Bonchev–Trinajstić information content (AvgIpc) is 3.37. The fourth-order valence-corrected chi connectivity index (χ4v) is 3.75. The van der Waals surface area contributed by atoms with Gasteiger partial charge in [-0.05, 0) is 53.6 Å². The average molecular weight is 424 g/mol.